The molecule has 1 aliphatic rings. The molecule has 0 bridgehead atoms. The van der Waals surface area contributed by atoms with E-state index < -0.39 is 5.97 Å². The van der Waals surface area contributed by atoms with Gasteiger partial charge in [0.1, 0.15) is 0 Å². The Morgan fingerprint density at radius 2 is 1.77 bits per heavy atom. The summed E-state index contributed by atoms with van der Waals surface area (Å²) in [5.74, 6) is -0.837. The zero-order valence-electron chi connectivity index (χ0n) is 13.4. The van der Waals surface area contributed by atoms with E-state index in [4.69, 9.17) is 5.11 Å². The molecular formula is C18H25NO3. The summed E-state index contributed by atoms with van der Waals surface area (Å²) in [6.45, 7) is 4.57. The van der Waals surface area contributed by atoms with Gasteiger partial charge in [-0.25, -0.2) is 4.79 Å². The average molecular weight is 303 g/mol. The van der Waals surface area contributed by atoms with Crippen molar-refractivity contribution in [2.75, 3.05) is 0 Å². The van der Waals surface area contributed by atoms with E-state index in [0.29, 0.717) is 24.3 Å². The molecule has 4 heteroatoms. The lowest BCUT2D eigenvalue weighted by atomic mass is 9.75. The molecule has 1 aromatic carbocycles. The Bertz CT molecular complexity index is 524. The van der Waals surface area contributed by atoms with Gasteiger partial charge in [0.15, 0.2) is 0 Å². The van der Waals surface area contributed by atoms with E-state index in [1.54, 1.807) is 24.3 Å². The maximum Gasteiger partial charge on any atom is 0.335 e. The fraction of sp³-hybridized carbons (Fsp3) is 0.556. The highest BCUT2D eigenvalue weighted by molar-refractivity contribution is 5.87. The predicted octanol–water partition coefficient (Wildman–Crippen LogP) is 3.40. The van der Waals surface area contributed by atoms with Crippen LogP contribution in [0.15, 0.2) is 24.3 Å². The van der Waals surface area contributed by atoms with Gasteiger partial charge >= 0.3 is 5.97 Å². The summed E-state index contributed by atoms with van der Waals surface area (Å²) < 4.78 is 0. The Kier molecular flexibility index (Phi) is 5.22. The first kappa shape index (κ1) is 16.5. The van der Waals surface area contributed by atoms with Gasteiger partial charge in [0.2, 0.25) is 5.91 Å². The Balaban J connectivity index is 1.75. The first-order valence-corrected chi connectivity index (χ1v) is 7.97. The number of aromatic carboxylic acids is 1. The summed E-state index contributed by atoms with van der Waals surface area (Å²) in [4.78, 5) is 22.8. The van der Waals surface area contributed by atoms with E-state index in [9.17, 15) is 9.59 Å². The van der Waals surface area contributed by atoms with Gasteiger partial charge in [0.25, 0.3) is 0 Å². The third-order valence-electron chi connectivity index (χ3n) is 4.55. The summed E-state index contributed by atoms with van der Waals surface area (Å²) in [6, 6.07) is 7.03. The van der Waals surface area contributed by atoms with Crippen molar-refractivity contribution >= 4 is 11.9 Å². The summed E-state index contributed by atoms with van der Waals surface area (Å²) in [7, 11) is 0. The maximum atomic E-state index is 12.0. The molecule has 0 unspecified atom stereocenters. The largest absolute Gasteiger partial charge is 0.478 e. The van der Waals surface area contributed by atoms with Crippen LogP contribution in [0.25, 0.3) is 0 Å². The number of carboxylic acids is 1. The van der Waals surface area contributed by atoms with Gasteiger partial charge in [0, 0.05) is 12.5 Å². The number of benzene rings is 1. The van der Waals surface area contributed by atoms with Crippen LogP contribution < -0.4 is 5.32 Å². The fourth-order valence-electron chi connectivity index (χ4n) is 2.92. The molecule has 1 amide bonds. The number of aryl methyl sites for hydroxylation is 1. The first-order chi connectivity index (χ1) is 10.4. The van der Waals surface area contributed by atoms with Crippen molar-refractivity contribution in [3.8, 4) is 0 Å². The Morgan fingerprint density at radius 1 is 1.18 bits per heavy atom. The third kappa shape index (κ3) is 4.86. The molecule has 2 N–H and O–H groups in total. The van der Waals surface area contributed by atoms with Crippen LogP contribution in [0.5, 0.6) is 0 Å². The quantitative estimate of drug-likeness (QED) is 0.876. The molecule has 0 atom stereocenters. The SMILES string of the molecule is CC1(C)CCC(NC(=O)CCc2ccc(C(=O)O)cc2)CC1. The number of hydrogen-bond donors (Lipinski definition) is 2. The Hall–Kier alpha value is -1.84. The van der Waals surface area contributed by atoms with Gasteiger partial charge in [-0.2, -0.15) is 0 Å². The number of hydrogen-bond acceptors (Lipinski definition) is 2. The Labute approximate surface area is 131 Å². The minimum absolute atomic E-state index is 0.0898. The van der Waals surface area contributed by atoms with Crippen molar-refractivity contribution in [1.29, 1.82) is 0 Å². The second-order valence-corrected chi connectivity index (χ2v) is 7.01. The lowest BCUT2D eigenvalue weighted by molar-refractivity contribution is -0.122. The molecule has 0 aliphatic heterocycles. The molecule has 1 fully saturated rings. The van der Waals surface area contributed by atoms with Gasteiger partial charge < -0.3 is 10.4 Å². The molecule has 1 saturated carbocycles. The molecule has 1 aliphatic carbocycles. The molecule has 0 heterocycles. The molecule has 2 rings (SSSR count). The fourth-order valence-corrected chi connectivity index (χ4v) is 2.92. The van der Waals surface area contributed by atoms with Crippen molar-refractivity contribution in [2.45, 2.75) is 58.4 Å². The van der Waals surface area contributed by atoms with Crippen molar-refractivity contribution in [3.63, 3.8) is 0 Å². The molecule has 120 valence electrons. The van der Waals surface area contributed by atoms with Gasteiger partial charge in [-0.3, -0.25) is 4.79 Å². The van der Waals surface area contributed by atoms with Crippen molar-refractivity contribution < 1.29 is 14.7 Å². The van der Waals surface area contributed by atoms with Gasteiger partial charge in [0.05, 0.1) is 5.56 Å². The van der Waals surface area contributed by atoms with Crippen LogP contribution in [0.1, 0.15) is 61.9 Å². The number of nitrogens with one attached hydrogen (secondary N) is 1. The van der Waals surface area contributed by atoms with Crippen LogP contribution in [0.2, 0.25) is 0 Å². The van der Waals surface area contributed by atoms with Gasteiger partial charge in [-0.05, 0) is 55.2 Å². The van der Waals surface area contributed by atoms with E-state index in [1.807, 2.05) is 0 Å². The standard InChI is InChI=1S/C18H25NO3/c1-18(2)11-9-15(10-12-18)19-16(20)8-5-13-3-6-14(7-4-13)17(21)22/h3-4,6-7,15H,5,8-12H2,1-2H3,(H,19,20)(H,21,22). The van der Waals surface area contributed by atoms with Crippen molar-refractivity contribution in [3.05, 3.63) is 35.4 Å². The highest BCUT2D eigenvalue weighted by atomic mass is 16.4. The van der Waals surface area contributed by atoms with Crippen LogP contribution in [0.4, 0.5) is 0 Å². The lowest BCUT2D eigenvalue weighted by Crippen LogP contribution is -2.39. The number of amides is 1. The van der Waals surface area contributed by atoms with E-state index in [1.165, 1.54) is 0 Å². The highest BCUT2D eigenvalue weighted by Crippen LogP contribution is 2.34. The second-order valence-electron chi connectivity index (χ2n) is 7.01. The number of carbonyl (C=O) groups excluding carboxylic acids is 1. The molecular weight excluding hydrogens is 278 g/mol. The van der Waals surface area contributed by atoms with Crippen LogP contribution in [0, 0.1) is 5.41 Å². The predicted molar refractivity (Wildman–Crippen MR) is 85.9 cm³/mol. The van der Waals surface area contributed by atoms with Crippen LogP contribution in [-0.4, -0.2) is 23.0 Å². The van der Waals surface area contributed by atoms with Crippen molar-refractivity contribution in [2.24, 2.45) is 5.41 Å². The zero-order chi connectivity index (χ0) is 16.2. The topological polar surface area (TPSA) is 66.4 Å². The number of carboxylic acid groups (broad SMARTS) is 1. The molecule has 1 aromatic rings. The average Bonchev–Trinajstić information content (AvgIpc) is 2.48. The Morgan fingerprint density at radius 3 is 2.32 bits per heavy atom. The molecule has 0 aromatic heterocycles. The van der Waals surface area contributed by atoms with Crippen LogP contribution in [-0.2, 0) is 11.2 Å². The minimum atomic E-state index is -0.926. The summed E-state index contributed by atoms with van der Waals surface area (Å²) in [5, 5.41) is 12.0. The van der Waals surface area contributed by atoms with E-state index in [0.717, 1.165) is 31.2 Å². The van der Waals surface area contributed by atoms with Crippen molar-refractivity contribution in [1.82, 2.24) is 5.32 Å². The third-order valence-corrected chi connectivity index (χ3v) is 4.55. The molecule has 0 radical (unpaired) electrons. The maximum absolute atomic E-state index is 12.0. The molecule has 22 heavy (non-hydrogen) atoms. The highest BCUT2D eigenvalue weighted by Gasteiger charge is 2.27. The second kappa shape index (κ2) is 6.95. The summed E-state index contributed by atoms with van der Waals surface area (Å²) in [5.41, 5.74) is 1.68. The minimum Gasteiger partial charge on any atom is -0.478 e. The van der Waals surface area contributed by atoms with E-state index in [-0.39, 0.29) is 11.5 Å². The zero-order valence-corrected chi connectivity index (χ0v) is 13.4. The number of carbonyl (C=O) groups is 2. The van der Waals surface area contributed by atoms with Crippen LogP contribution in [0.3, 0.4) is 0 Å². The normalized spacial score (nSPS) is 17.9. The van der Waals surface area contributed by atoms with Gasteiger partial charge in [-0.15, -0.1) is 0 Å². The number of rotatable bonds is 5. The smallest absolute Gasteiger partial charge is 0.335 e. The monoisotopic (exact) mass is 303 g/mol. The molecule has 0 spiro atoms. The summed E-state index contributed by atoms with van der Waals surface area (Å²) in [6.07, 6.45) is 5.54. The van der Waals surface area contributed by atoms with Gasteiger partial charge in [-0.1, -0.05) is 26.0 Å². The van der Waals surface area contributed by atoms with Crippen LogP contribution >= 0.6 is 0 Å². The molecule has 4 nitrogen and oxygen atoms in total. The first-order valence-electron chi connectivity index (χ1n) is 7.97. The molecule has 0 saturated heterocycles. The summed E-state index contributed by atoms with van der Waals surface area (Å²) >= 11 is 0. The van der Waals surface area contributed by atoms with E-state index >= 15 is 0 Å². The lowest BCUT2D eigenvalue weighted by Gasteiger charge is -2.34. The van der Waals surface area contributed by atoms with E-state index in [2.05, 4.69) is 19.2 Å².